The lowest BCUT2D eigenvalue weighted by molar-refractivity contribution is -0.145. The van der Waals surface area contributed by atoms with E-state index in [9.17, 15) is 17.6 Å². The number of hydrogen-bond donors (Lipinski definition) is 0. The third kappa shape index (κ3) is 6.94. The van der Waals surface area contributed by atoms with Gasteiger partial charge >= 0.3 is 5.97 Å². The number of halogens is 1. The summed E-state index contributed by atoms with van der Waals surface area (Å²) < 4.78 is 48.8. The zero-order chi connectivity index (χ0) is 18.2. The molecule has 0 radical (unpaired) electrons. The van der Waals surface area contributed by atoms with Gasteiger partial charge in [0.25, 0.3) is 0 Å². The Morgan fingerprint density at radius 1 is 1.21 bits per heavy atom. The molecule has 1 rings (SSSR count). The molecule has 0 saturated heterocycles. The maximum absolute atomic E-state index is 12.9. The lowest BCUT2D eigenvalue weighted by atomic mass is 10.3. The van der Waals surface area contributed by atoms with Crippen LogP contribution < -0.4 is 0 Å². The van der Waals surface area contributed by atoms with Crippen molar-refractivity contribution in [1.82, 2.24) is 4.31 Å². The number of hydrogen-bond acceptors (Lipinski definition) is 5. The van der Waals surface area contributed by atoms with Crippen LogP contribution in [0.3, 0.4) is 0 Å². The summed E-state index contributed by atoms with van der Waals surface area (Å²) in [6.45, 7) is 4.46. The first kappa shape index (κ1) is 20.5. The monoisotopic (exact) mass is 361 g/mol. The van der Waals surface area contributed by atoms with Crippen molar-refractivity contribution >= 4 is 16.0 Å². The maximum Gasteiger partial charge on any atom is 0.305 e. The summed E-state index contributed by atoms with van der Waals surface area (Å²) in [5.74, 6) is -0.893. The first-order valence-corrected chi connectivity index (χ1v) is 9.16. The molecule has 0 amide bonds. The van der Waals surface area contributed by atoms with Crippen molar-refractivity contribution in [3.8, 4) is 0 Å². The molecule has 0 unspecified atom stereocenters. The van der Waals surface area contributed by atoms with Crippen molar-refractivity contribution in [3.05, 3.63) is 30.1 Å². The van der Waals surface area contributed by atoms with Crippen LogP contribution in [0.2, 0.25) is 0 Å². The Labute approximate surface area is 142 Å². The van der Waals surface area contributed by atoms with Gasteiger partial charge < -0.3 is 9.47 Å². The highest BCUT2D eigenvalue weighted by Crippen LogP contribution is 2.15. The SMILES string of the molecule is CC(C)OCCOC(=O)CCCN(C)S(=O)(=O)c1ccc(F)cc1. The van der Waals surface area contributed by atoms with E-state index in [1.807, 2.05) is 13.8 Å². The second kappa shape index (κ2) is 9.71. The molecule has 0 spiro atoms. The van der Waals surface area contributed by atoms with E-state index in [-0.39, 0.29) is 30.6 Å². The van der Waals surface area contributed by atoms with E-state index in [0.717, 1.165) is 16.4 Å². The number of carbonyl (C=O) groups excluding carboxylic acids is 1. The highest BCUT2D eigenvalue weighted by Gasteiger charge is 2.20. The van der Waals surface area contributed by atoms with Crippen LogP contribution in [0.4, 0.5) is 4.39 Å². The van der Waals surface area contributed by atoms with Crippen molar-refractivity contribution in [2.45, 2.75) is 37.7 Å². The minimum atomic E-state index is -3.69. The smallest absolute Gasteiger partial charge is 0.305 e. The fourth-order valence-corrected chi connectivity index (χ4v) is 3.07. The molecular weight excluding hydrogens is 337 g/mol. The summed E-state index contributed by atoms with van der Waals surface area (Å²) in [7, 11) is -2.27. The standard InChI is InChI=1S/C16H24FNO5S/c1-13(2)22-11-12-23-16(19)5-4-10-18(3)24(20,21)15-8-6-14(17)7-9-15/h6-9,13H,4-5,10-12H2,1-3H3. The minimum absolute atomic E-state index is 0.0137. The lowest BCUT2D eigenvalue weighted by Crippen LogP contribution is -2.28. The first-order chi connectivity index (χ1) is 11.2. The molecule has 0 bridgehead atoms. The number of sulfonamides is 1. The molecule has 8 heteroatoms. The largest absolute Gasteiger partial charge is 0.463 e. The van der Waals surface area contributed by atoms with E-state index < -0.39 is 21.8 Å². The van der Waals surface area contributed by atoms with Gasteiger partial charge in [-0.15, -0.1) is 0 Å². The second-order valence-corrected chi connectivity index (χ2v) is 7.57. The molecule has 0 heterocycles. The summed E-state index contributed by atoms with van der Waals surface area (Å²) in [5, 5.41) is 0. The van der Waals surface area contributed by atoms with Crippen molar-refractivity contribution in [1.29, 1.82) is 0 Å². The fourth-order valence-electron chi connectivity index (χ4n) is 1.86. The fraction of sp³-hybridized carbons (Fsp3) is 0.562. The van der Waals surface area contributed by atoms with Gasteiger partial charge in [0.05, 0.1) is 17.6 Å². The van der Waals surface area contributed by atoms with E-state index >= 15 is 0 Å². The Balaban J connectivity index is 2.36. The van der Waals surface area contributed by atoms with Crippen LogP contribution in [0.15, 0.2) is 29.2 Å². The highest BCUT2D eigenvalue weighted by atomic mass is 32.2. The summed E-state index contributed by atoms with van der Waals surface area (Å²) in [6.07, 6.45) is 0.528. The number of benzene rings is 1. The predicted molar refractivity (Wildman–Crippen MR) is 87.5 cm³/mol. The van der Waals surface area contributed by atoms with E-state index in [2.05, 4.69) is 0 Å². The molecule has 0 aliphatic rings. The quantitative estimate of drug-likeness (QED) is 0.472. The second-order valence-electron chi connectivity index (χ2n) is 5.52. The number of carbonyl (C=O) groups is 1. The van der Waals surface area contributed by atoms with Crippen LogP contribution in [-0.4, -0.2) is 51.6 Å². The minimum Gasteiger partial charge on any atom is -0.463 e. The Bertz CT molecular complexity index is 616. The predicted octanol–water partition coefficient (Wildman–Crippen LogP) is 2.19. The van der Waals surface area contributed by atoms with Crippen LogP contribution in [0.1, 0.15) is 26.7 Å². The van der Waals surface area contributed by atoms with Gasteiger partial charge in [-0.3, -0.25) is 4.79 Å². The van der Waals surface area contributed by atoms with E-state index in [0.29, 0.717) is 13.0 Å². The third-order valence-electron chi connectivity index (χ3n) is 3.17. The normalized spacial score (nSPS) is 11.9. The van der Waals surface area contributed by atoms with Crippen LogP contribution in [0.25, 0.3) is 0 Å². The number of esters is 1. The molecule has 0 fully saturated rings. The van der Waals surface area contributed by atoms with Gasteiger partial charge in [0.15, 0.2) is 0 Å². The molecule has 0 aromatic heterocycles. The zero-order valence-corrected chi connectivity index (χ0v) is 15.0. The van der Waals surface area contributed by atoms with E-state index in [1.54, 1.807) is 0 Å². The van der Waals surface area contributed by atoms with Gasteiger partial charge in [-0.2, -0.15) is 0 Å². The van der Waals surface area contributed by atoms with Crippen LogP contribution in [0.5, 0.6) is 0 Å². The summed E-state index contributed by atoms with van der Waals surface area (Å²) in [5.41, 5.74) is 0. The van der Waals surface area contributed by atoms with Crippen LogP contribution >= 0.6 is 0 Å². The van der Waals surface area contributed by atoms with Crippen molar-refractivity contribution in [2.24, 2.45) is 0 Å². The van der Waals surface area contributed by atoms with Gasteiger partial charge in [0.1, 0.15) is 12.4 Å². The van der Waals surface area contributed by atoms with Crippen molar-refractivity contribution in [3.63, 3.8) is 0 Å². The summed E-state index contributed by atoms with van der Waals surface area (Å²) >= 11 is 0. The molecule has 0 N–H and O–H groups in total. The van der Waals surface area contributed by atoms with Gasteiger partial charge in [-0.1, -0.05) is 0 Å². The summed E-state index contributed by atoms with van der Waals surface area (Å²) in [6, 6.07) is 4.61. The van der Waals surface area contributed by atoms with Gasteiger partial charge in [0.2, 0.25) is 10.0 Å². The van der Waals surface area contributed by atoms with Crippen LogP contribution in [-0.2, 0) is 24.3 Å². The maximum atomic E-state index is 12.9. The molecule has 6 nitrogen and oxygen atoms in total. The lowest BCUT2D eigenvalue weighted by Gasteiger charge is -2.17. The Morgan fingerprint density at radius 2 is 1.83 bits per heavy atom. The molecule has 0 saturated carbocycles. The molecule has 1 aromatic rings. The third-order valence-corrected chi connectivity index (χ3v) is 5.04. The average molecular weight is 361 g/mol. The van der Waals surface area contributed by atoms with Crippen molar-refractivity contribution < 1.29 is 27.1 Å². The Kier molecular flexibility index (Phi) is 8.30. The Hall–Kier alpha value is -1.51. The number of ether oxygens (including phenoxy) is 2. The highest BCUT2D eigenvalue weighted by molar-refractivity contribution is 7.89. The van der Waals surface area contributed by atoms with Gasteiger partial charge in [0, 0.05) is 20.0 Å². The summed E-state index contributed by atoms with van der Waals surface area (Å²) in [4.78, 5) is 11.6. The molecular formula is C16H24FNO5S. The van der Waals surface area contributed by atoms with E-state index in [1.165, 1.54) is 19.2 Å². The van der Waals surface area contributed by atoms with Crippen molar-refractivity contribution in [2.75, 3.05) is 26.8 Å². The number of nitrogens with zero attached hydrogens (tertiary/aromatic N) is 1. The molecule has 136 valence electrons. The molecule has 0 aliphatic heterocycles. The van der Waals surface area contributed by atoms with E-state index in [4.69, 9.17) is 9.47 Å². The van der Waals surface area contributed by atoms with Crippen LogP contribution in [0, 0.1) is 5.82 Å². The number of rotatable bonds is 10. The molecule has 24 heavy (non-hydrogen) atoms. The molecule has 1 aromatic carbocycles. The van der Waals surface area contributed by atoms with Gasteiger partial charge in [-0.05, 0) is 44.5 Å². The topological polar surface area (TPSA) is 72.9 Å². The molecule has 0 atom stereocenters. The average Bonchev–Trinajstić information content (AvgIpc) is 2.51. The van der Waals surface area contributed by atoms with Gasteiger partial charge in [-0.25, -0.2) is 17.1 Å². The molecule has 0 aliphatic carbocycles. The zero-order valence-electron chi connectivity index (χ0n) is 14.2. The Morgan fingerprint density at radius 3 is 2.42 bits per heavy atom. The first-order valence-electron chi connectivity index (χ1n) is 7.72.